The van der Waals surface area contributed by atoms with Gasteiger partial charge in [-0.05, 0) is 75.3 Å². The number of carbonyl (C=O) groups excluding carboxylic acids is 1. The third kappa shape index (κ3) is 4.87. The van der Waals surface area contributed by atoms with Gasteiger partial charge in [0.2, 0.25) is 0 Å². The first-order valence-corrected chi connectivity index (χ1v) is 10.6. The van der Waals surface area contributed by atoms with E-state index in [0.717, 1.165) is 11.3 Å². The number of piperidine rings is 1. The quantitative estimate of drug-likeness (QED) is 0.513. The maximum absolute atomic E-state index is 13.9. The molecule has 9 heteroatoms. The van der Waals surface area contributed by atoms with Crippen LogP contribution >= 0.6 is 22.6 Å². The molecule has 0 atom stereocenters. The molecule has 0 bridgehead atoms. The van der Waals surface area contributed by atoms with E-state index in [0.29, 0.717) is 35.2 Å². The largest absolute Gasteiger partial charge is 0.444 e. The number of carbonyl (C=O) groups is 1. The molecular formula is C20H25F2IN4O2. The summed E-state index contributed by atoms with van der Waals surface area (Å²) in [5.74, 6) is 0. The van der Waals surface area contributed by atoms with E-state index in [-0.39, 0.29) is 17.8 Å². The summed E-state index contributed by atoms with van der Waals surface area (Å²) in [5.41, 5.74) is 1.39. The molecule has 6 nitrogen and oxygen atoms in total. The third-order valence-corrected chi connectivity index (χ3v) is 5.88. The molecule has 158 valence electrons. The minimum Gasteiger partial charge on any atom is -0.444 e. The number of alkyl halides is 2. The van der Waals surface area contributed by atoms with Gasteiger partial charge in [-0.1, -0.05) is 0 Å². The molecule has 2 aromatic heterocycles. The Bertz CT molecular complexity index is 887. The van der Waals surface area contributed by atoms with Crippen LogP contribution in [0.15, 0.2) is 18.3 Å². The minimum absolute atomic E-state index is 0.0698. The first kappa shape index (κ1) is 21.9. The Morgan fingerprint density at radius 1 is 1.31 bits per heavy atom. The summed E-state index contributed by atoms with van der Waals surface area (Å²) in [5, 5.41) is 4.57. The van der Waals surface area contributed by atoms with Crippen molar-refractivity contribution in [2.24, 2.45) is 0 Å². The third-order valence-electron chi connectivity index (χ3n) is 4.82. The van der Waals surface area contributed by atoms with Crippen molar-refractivity contribution in [3.63, 3.8) is 0 Å². The van der Waals surface area contributed by atoms with E-state index in [2.05, 4.69) is 10.1 Å². The summed E-state index contributed by atoms with van der Waals surface area (Å²) in [4.78, 5) is 18.1. The number of aromatic nitrogens is 3. The Balaban J connectivity index is 1.84. The van der Waals surface area contributed by atoms with Crippen molar-refractivity contribution < 1.29 is 18.3 Å². The van der Waals surface area contributed by atoms with Crippen LogP contribution in [0.25, 0.3) is 11.3 Å². The highest BCUT2D eigenvalue weighted by Crippen LogP contribution is 2.37. The van der Waals surface area contributed by atoms with Gasteiger partial charge in [-0.2, -0.15) is 5.10 Å². The lowest BCUT2D eigenvalue weighted by Gasteiger charge is -2.34. The molecule has 1 saturated heterocycles. The Morgan fingerprint density at radius 3 is 2.52 bits per heavy atom. The summed E-state index contributed by atoms with van der Waals surface area (Å²) in [6.45, 7) is 8.19. The van der Waals surface area contributed by atoms with Crippen LogP contribution in [0.3, 0.4) is 0 Å². The molecule has 0 aliphatic carbocycles. The van der Waals surface area contributed by atoms with E-state index in [4.69, 9.17) is 4.74 Å². The molecule has 3 rings (SSSR count). The predicted octanol–water partition coefficient (Wildman–Crippen LogP) is 5.37. The molecule has 1 amide bonds. The van der Waals surface area contributed by atoms with Gasteiger partial charge in [0.25, 0.3) is 6.43 Å². The number of pyridine rings is 1. The predicted molar refractivity (Wildman–Crippen MR) is 114 cm³/mol. The normalized spacial score (nSPS) is 15.8. The van der Waals surface area contributed by atoms with Crippen molar-refractivity contribution in [2.75, 3.05) is 13.1 Å². The molecule has 0 aromatic carbocycles. The second kappa shape index (κ2) is 8.53. The van der Waals surface area contributed by atoms with Gasteiger partial charge in [-0.3, -0.25) is 9.67 Å². The molecule has 2 aromatic rings. The first-order chi connectivity index (χ1) is 13.6. The van der Waals surface area contributed by atoms with Gasteiger partial charge in [0.15, 0.2) is 0 Å². The molecule has 29 heavy (non-hydrogen) atoms. The van der Waals surface area contributed by atoms with Crippen LogP contribution < -0.4 is 0 Å². The molecule has 0 N–H and O–H groups in total. The Morgan fingerprint density at radius 2 is 1.97 bits per heavy atom. The fourth-order valence-electron chi connectivity index (χ4n) is 3.43. The number of nitrogens with zero attached hydrogens (tertiary/aromatic N) is 4. The fraction of sp³-hybridized carbons (Fsp3) is 0.550. The lowest BCUT2D eigenvalue weighted by atomic mass is 10.1. The molecule has 0 saturated carbocycles. The van der Waals surface area contributed by atoms with E-state index in [1.54, 1.807) is 17.2 Å². The van der Waals surface area contributed by atoms with Gasteiger partial charge in [0.05, 0.1) is 9.61 Å². The summed E-state index contributed by atoms with van der Waals surface area (Å²) in [6.07, 6.45) is -0.247. The molecular weight excluding hydrogens is 493 g/mol. The number of amides is 1. The lowest BCUT2D eigenvalue weighted by molar-refractivity contribution is 0.0179. The number of aryl methyl sites for hydroxylation is 1. The average molecular weight is 518 g/mol. The monoisotopic (exact) mass is 518 g/mol. The highest BCUT2D eigenvalue weighted by atomic mass is 127. The maximum Gasteiger partial charge on any atom is 0.410 e. The standard InChI is InChI=1S/C20H25F2IN4O2/c1-12-14(6-5-9-24-12)16-15(23)17(18(21)22)27(25-16)13-7-10-26(11-8-13)19(28)29-20(2,3)4/h5-6,9,13,18H,7-8,10-11H2,1-4H3. The number of hydrogen-bond donors (Lipinski definition) is 0. The minimum atomic E-state index is -2.64. The average Bonchev–Trinajstić information content (AvgIpc) is 2.98. The molecule has 3 heterocycles. The van der Waals surface area contributed by atoms with Gasteiger partial charge >= 0.3 is 6.09 Å². The Kier molecular flexibility index (Phi) is 6.45. The van der Waals surface area contributed by atoms with Crippen molar-refractivity contribution >= 4 is 28.7 Å². The van der Waals surface area contributed by atoms with E-state index >= 15 is 0 Å². The van der Waals surface area contributed by atoms with E-state index in [1.165, 1.54) is 4.68 Å². The van der Waals surface area contributed by atoms with Crippen LogP contribution in [0.2, 0.25) is 0 Å². The van der Waals surface area contributed by atoms with Gasteiger partial charge < -0.3 is 9.64 Å². The van der Waals surface area contributed by atoms with Gasteiger partial charge in [-0.15, -0.1) is 0 Å². The Labute approximate surface area is 182 Å². The second-order valence-electron chi connectivity index (χ2n) is 8.13. The number of rotatable bonds is 3. The zero-order valence-corrected chi connectivity index (χ0v) is 19.1. The smallest absolute Gasteiger partial charge is 0.410 e. The van der Waals surface area contributed by atoms with Crippen LogP contribution in [0.4, 0.5) is 13.6 Å². The second-order valence-corrected chi connectivity index (χ2v) is 9.21. The molecule has 0 unspecified atom stereocenters. The highest BCUT2D eigenvalue weighted by Gasteiger charge is 2.32. The molecule has 1 fully saturated rings. The SMILES string of the molecule is Cc1ncccc1-c1nn(C2CCN(C(=O)OC(C)(C)C)CC2)c(C(F)F)c1I. The van der Waals surface area contributed by atoms with E-state index in [1.807, 2.05) is 56.4 Å². The Hall–Kier alpha value is -1.78. The van der Waals surface area contributed by atoms with Crippen LogP contribution in [-0.2, 0) is 4.74 Å². The highest BCUT2D eigenvalue weighted by molar-refractivity contribution is 14.1. The fourth-order valence-corrected chi connectivity index (χ4v) is 4.31. The van der Waals surface area contributed by atoms with Crippen LogP contribution in [0, 0.1) is 10.5 Å². The van der Waals surface area contributed by atoms with E-state index < -0.39 is 12.0 Å². The number of likely N-dealkylation sites (tertiary alicyclic amines) is 1. The number of halogens is 3. The zero-order chi connectivity index (χ0) is 21.3. The summed E-state index contributed by atoms with van der Waals surface area (Å²) < 4.78 is 35.1. The van der Waals surface area contributed by atoms with Gasteiger partial charge in [0, 0.05) is 30.5 Å². The topological polar surface area (TPSA) is 60.2 Å². The van der Waals surface area contributed by atoms with Crippen LogP contribution in [0.1, 0.15) is 57.5 Å². The summed E-state index contributed by atoms with van der Waals surface area (Å²) in [7, 11) is 0. The molecule has 0 radical (unpaired) electrons. The van der Waals surface area contributed by atoms with Crippen molar-refractivity contribution in [1.29, 1.82) is 0 Å². The van der Waals surface area contributed by atoms with Crippen molar-refractivity contribution in [3.05, 3.63) is 33.3 Å². The molecule has 1 aliphatic rings. The lowest BCUT2D eigenvalue weighted by Crippen LogP contribution is -2.42. The van der Waals surface area contributed by atoms with Crippen LogP contribution in [-0.4, -0.2) is 44.4 Å². The number of ether oxygens (including phenoxy) is 1. The van der Waals surface area contributed by atoms with E-state index in [9.17, 15) is 13.6 Å². The van der Waals surface area contributed by atoms with Crippen molar-refractivity contribution in [1.82, 2.24) is 19.7 Å². The zero-order valence-electron chi connectivity index (χ0n) is 17.0. The van der Waals surface area contributed by atoms with Gasteiger partial charge in [-0.25, -0.2) is 13.6 Å². The first-order valence-electron chi connectivity index (χ1n) is 9.54. The maximum atomic E-state index is 13.9. The molecule has 1 aliphatic heterocycles. The van der Waals surface area contributed by atoms with Crippen molar-refractivity contribution in [3.8, 4) is 11.3 Å². The van der Waals surface area contributed by atoms with Crippen molar-refractivity contribution in [2.45, 2.75) is 58.6 Å². The number of hydrogen-bond acceptors (Lipinski definition) is 4. The summed E-state index contributed by atoms with van der Waals surface area (Å²) >= 11 is 1.95. The summed E-state index contributed by atoms with van der Waals surface area (Å²) in [6, 6.07) is 3.42. The van der Waals surface area contributed by atoms with Gasteiger partial charge in [0.1, 0.15) is 17.0 Å². The molecule has 0 spiro atoms. The van der Waals surface area contributed by atoms with Crippen LogP contribution in [0.5, 0.6) is 0 Å².